The molecule has 6 rings (SSSR count). The summed E-state index contributed by atoms with van der Waals surface area (Å²) in [4.78, 5) is 12.7. The third-order valence-electron chi connectivity index (χ3n) is 7.70. The van der Waals surface area contributed by atoms with Gasteiger partial charge < -0.3 is 0 Å². The van der Waals surface area contributed by atoms with Crippen molar-refractivity contribution in [3.63, 3.8) is 0 Å². The minimum absolute atomic E-state index is 0.0106. The van der Waals surface area contributed by atoms with Crippen molar-refractivity contribution < 1.29 is 18.0 Å². The molecule has 0 fully saturated rings. The van der Waals surface area contributed by atoms with Crippen LogP contribution in [0.4, 0.5) is 13.2 Å². The highest BCUT2D eigenvalue weighted by Gasteiger charge is 2.30. The van der Waals surface area contributed by atoms with E-state index in [0.717, 1.165) is 62.2 Å². The molecule has 6 aromatic rings. The van der Waals surface area contributed by atoms with Crippen LogP contribution in [0.15, 0.2) is 146 Å². The van der Waals surface area contributed by atoms with E-state index < -0.39 is 11.7 Å². The van der Waals surface area contributed by atoms with Crippen LogP contribution in [0.1, 0.15) is 27.0 Å². The first-order chi connectivity index (χ1) is 20.8. The lowest BCUT2D eigenvalue weighted by Crippen LogP contribution is -2.03. The van der Waals surface area contributed by atoms with Crippen molar-refractivity contribution in [2.24, 2.45) is 0 Å². The molecule has 1 nitrogen and oxygen atoms in total. The monoisotopic (exact) mass is 568 g/mol. The van der Waals surface area contributed by atoms with Crippen molar-refractivity contribution in [3.05, 3.63) is 168 Å². The van der Waals surface area contributed by atoms with Gasteiger partial charge in [-0.25, -0.2) is 0 Å². The molecule has 0 amide bonds. The maximum atomic E-state index is 12.9. The second-order valence-corrected chi connectivity index (χ2v) is 10.5. The van der Waals surface area contributed by atoms with E-state index in [1.165, 1.54) is 12.1 Å². The predicted octanol–water partition coefficient (Wildman–Crippen LogP) is 10.9. The molecule has 0 N–H and O–H groups in total. The second-order valence-electron chi connectivity index (χ2n) is 10.5. The molecule has 4 heteroatoms. The van der Waals surface area contributed by atoms with Crippen LogP contribution in [0, 0.1) is 6.92 Å². The van der Waals surface area contributed by atoms with Gasteiger partial charge in [0.05, 0.1) is 5.56 Å². The number of hydrogen-bond donors (Lipinski definition) is 0. The Hall–Kier alpha value is -5.22. The van der Waals surface area contributed by atoms with Gasteiger partial charge in [0, 0.05) is 11.1 Å². The highest BCUT2D eigenvalue weighted by Crippen LogP contribution is 2.33. The molecule has 0 saturated carbocycles. The average Bonchev–Trinajstić information content (AvgIpc) is 3.05. The van der Waals surface area contributed by atoms with Crippen molar-refractivity contribution in [3.8, 4) is 44.5 Å². The number of carbonyl (C=O) groups is 1. The number of rotatable bonds is 6. The smallest absolute Gasteiger partial charge is 0.289 e. The molecule has 210 valence electrons. The zero-order valence-corrected chi connectivity index (χ0v) is 23.4. The van der Waals surface area contributed by atoms with Gasteiger partial charge in [-0.3, -0.25) is 4.79 Å². The van der Waals surface area contributed by atoms with Crippen LogP contribution < -0.4 is 0 Å². The molecule has 0 aliphatic heterocycles. The van der Waals surface area contributed by atoms with Gasteiger partial charge in [-0.05, 0) is 69.1 Å². The van der Waals surface area contributed by atoms with Gasteiger partial charge in [0.25, 0.3) is 0 Å². The van der Waals surface area contributed by atoms with Gasteiger partial charge in [-0.15, -0.1) is 0 Å². The Morgan fingerprint density at radius 3 is 1.35 bits per heavy atom. The topological polar surface area (TPSA) is 17.1 Å². The van der Waals surface area contributed by atoms with Crippen LogP contribution in [0.2, 0.25) is 0 Å². The molecule has 0 radical (unpaired) electrons. The standard InChI is InChI=1S/C39H27F3O/c1-26-25-35(21-24-37(26)32-15-11-28(12-16-32)30-19-22-36(23-20-30)39(40,41)42)31-9-7-27(8-10-31)29-13-17-34(18-14-29)38(43)33-5-3-2-4-6-33/h2-25H,1H3. The van der Waals surface area contributed by atoms with E-state index in [1.807, 2.05) is 78.9 Å². The van der Waals surface area contributed by atoms with E-state index >= 15 is 0 Å². The highest BCUT2D eigenvalue weighted by atomic mass is 19.4. The molecule has 0 saturated heterocycles. The maximum absolute atomic E-state index is 12.9. The predicted molar refractivity (Wildman–Crippen MR) is 168 cm³/mol. The van der Waals surface area contributed by atoms with Crippen LogP contribution in [0.3, 0.4) is 0 Å². The first-order valence-electron chi connectivity index (χ1n) is 14.0. The Labute approximate surface area is 248 Å². The number of halogens is 3. The summed E-state index contributed by atoms with van der Waals surface area (Å²) in [5.41, 5.74) is 9.90. The van der Waals surface area contributed by atoms with Gasteiger partial charge in [0.15, 0.2) is 5.78 Å². The van der Waals surface area contributed by atoms with Crippen LogP contribution in [-0.4, -0.2) is 5.78 Å². The lowest BCUT2D eigenvalue weighted by atomic mass is 9.93. The number of hydrogen-bond acceptors (Lipinski definition) is 1. The molecule has 0 unspecified atom stereocenters. The Morgan fingerprint density at radius 2 is 0.860 bits per heavy atom. The quantitative estimate of drug-likeness (QED) is 0.183. The van der Waals surface area contributed by atoms with E-state index in [1.54, 1.807) is 0 Å². The minimum atomic E-state index is -4.34. The number of alkyl halides is 3. The normalized spacial score (nSPS) is 11.3. The Balaban J connectivity index is 1.16. The molecule has 0 aliphatic carbocycles. The Bertz CT molecular complexity index is 1870. The number of benzene rings is 6. The lowest BCUT2D eigenvalue weighted by Gasteiger charge is -2.12. The molecule has 0 aliphatic rings. The van der Waals surface area contributed by atoms with Crippen molar-refractivity contribution in [2.45, 2.75) is 13.1 Å². The summed E-state index contributed by atoms with van der Waals surface area (Å²) >= 11 is 0. The van der Waals surface area contributed by atoms with E-state index in [2.05, 4.69) is 49.4 Å². The van der Waals surface area contributed by atoms with E-state index in [4.69, 9.17) is 0 Å². The summed E-state index contributed by atoms with van der Waals surface area (Å²) in [7, 11) is 0. The number of aryl methyl sites for hydroxylation is 1. The van der Waals surface area contributed by atoms with Gasteiger partial charge in [0.2, 0.25) is 0 Å². The molecular weight excluding hydrogens is 541 g/mol. The number of carbonyl (C=O) groups excluding carboxylic acids is 1. The van der Waals surface area contributed by atoms with Crippen molar-refractivity contribution in [1.29, 1.82) is 0 Å². The summed E-state index contributed by atoms with van der Waals surface area (Å²) in [5.74, 6) is 0.0106. The summed E-state index contributed by atoms with van der Waals surface area (Å²) in [6.07, 6.45) is -4.34. The maximum Gasteiger partial charge on any atom is 0.416 e. The van der Waals surface area contributed by atoms with Crippen LogP contribution in [0.25, 0.3) is 44.5 Å². The third kappa shape index (κ3) is 6.05. The molecule has 0 atom stereocenters. The Kier molecular flexibility index (Phi) is 7.52. The van der Waals surface area contributed by atoms with Crippen LogP contribution >= 0.6 is 0 Å². The summed E-state index contributed by atoms with van der Waals surface area (Å²) in [6, 6.07) is 44.9. The van der Waals surface area contributed by atoms with Crippen molar-refractivity contribution in [2.75, 3.05) is 0 Å². The van der Waals surface area contributed by atoms with Crippen LogP contribution in [-0.2, 0) is 6.18 Å². The fourth-order valence-corrected chi connectivity index (χ4v) is 5.29. The molecule has 0 aromatic heterocycles. The van der Waals surface area contributed by atoms with E-state index in [-0.39, 0.29) is 5.78 Å². The fourth-order valence-electron chi connectivity index (χ4n) is 5.29. The number of ketones is 1. The largest absolute Gasteiger partial charge is 0.416 e. The van der Waals surface area contributed by atoms with Gasteiger partial charge >= 0.3 is 6.18 Å². The van der Waals surface area contributed by atoms with Gasteiger partial charge in [0.1, 0.15) is 0 Å². The summed E-state index contributed by atoms with van der Waals surface area (Å²) in [5, 5.41) is 0. The van der Waals surface area contributed by atoms with Gasteiger partial charge in [-0.1, -0.05) is 133 Å². The van der Waals surface area contributed by atoms with Gasteiger partial charge in [-0.2, -0.15) is 13.2 Å². The highest BCUT2D eigenvalue weighted by molar-refractivity contribution is 6.09. The minimum Gasteiger partial charge on any atom is -0.289 e. The first-order valence-corrected chi connectivity index (χ1v) is 14.0. The molecule has 0 heterocycles. The fraction of sp³-hybridized carbons (Fsp3) is 0.0513. The summed E-state index contributed by atoms with van der Waals surface area (Å²) < 4.78 is 38.7. The molecule has 6 aromatic carbocycles. The lowest BCUT2D eigenvalue weighted by molar-refractivity contribution is -0.137. The first kappa shape index (κ1) is 27.9. The van der Waals surface area contributed by atoms with Crippen molar-refractivity contribution >= 4 is 5.78 Å². The zero-order chi connectivity index (χ0) is 30.0. The molecular formula is C39H27F3O. The third-order valence-corrected chi connectivity index (χ3v) is 7.70. The SMILES string of the molecule is Cc1cc(-c2ccc(-c3ccc(C(=O)c4ccccc4)cc3)cc2)ccc1-c1ccc(-c2ccc(C(F)(F)F)cc2)cc1. The zero-order valence-electron chi connectivity index (χ0n) is 23.4. The Morgan fingerprint density at radius 1 is 0.465 bits per heavy atom. The van der Waals surface area contributed by atoms with E-state index in [9.17, 15) is 18.0 Å². The molecule has 43 heavy (non-hydrogen) atoms. The molecule has 0 spiro atoms. The summed E-state index contributed by atoms with van der Waals surface area (Å²) in [6.45, 7) is 2.08. The average molecular weight is 569 g/mol. The van der Waals surface area contributed by atoms with Crippen LogP contribution in [0.5, 0.6) is 0 Å². The van der Waals surface area contributed by atoms with Crippen molar-refractivity contribution in [1.82, 2.24) is 0 Å². The second kappa shape index (κ2) is 11.6. The molecule has 0 bridgehead atoms. The van der Waals surface area contributed by atoms with E-state index in [0.29, 0.717) is 11.1 Å².